The van der Waals surface area contributed by atoms with Gasteiger partial charge in [-0.3, -0.25) is 4.79 Å². The Kier molecular flexibility index (Phi) is 5.28. The van der Waals surface area contributed by atoms with Crippen molar-refractivity contribution in [3.63, 3.8) is 0 Å². The summed E-state index contributed by atoms with van der Waals surface area (Å²) in [5.41, 5.74) is 3.78. The van der Waals surface area contributed by atoms with Crippen LogP contribution in [-0.4, -0.2) is 27.2 Å². The third-order valence-electron chi connectivity index (χ3n) is 4.09. The zero-order chi connectivity index (χ0) is 17.8. The molecule has 5 nitrogen and oxygen atoms in total. The Balaban J connectivity index is 1.69. The van der Waals surface area contributed by atoms with Gasteiger partial charge >= 0.3 is 0 Å². The van der Waals surface area contributed by atoms with Gasteiger partial charge in [0.25, 0.3) is 5.91 Å². The van der Waals surface area contributed by atoms with Crippen molar-refractivity contribution >= 4 is 21.8 Å². The maximum Gasteiger partial charge on any atom is 0.252 e. The first-order valence-corrected chi connectivity index (χ1v) is 8.86. The van der Waals surface area contributed by atoms with Crippen LogP contribution in [0.3, 0.4) is 0 Å². The number of aromatic nitrogens is 3. The lowest BCUT2D eigenvalue weighted by molar-refractivity contribution is 0.0953. The maximum atomic E-state index is 12.3. The Hall–Kier alpha value is -2.47. The summed E-state index contributed by atoms with van der Waals surface area (Å²) in [6.07, 6.45) is 2.48. The molecule has 25 heavy (non-hydrogen) atoms. The molecular weight excluding hydrogens is 380 g/mol. The van der Waals surface area contributed by atoms with Crippen molar-refractivity contribution < 1.29 is 4.79 Å². The van der Waals surface area contributed by atoms with Gasteiger partial charge in [-0.15, -0.1) is 0 Å². The summed E-state index contributed by atoms with van der Waals surface area (Å²) < 4.78 is 2.64. The van der Waals surface area contributed by atoms with Crippen LogP contribution in [0.2, 0.25) is 0 Å². The van der Waals surface area contributed by atoms with E-state index in [9.17, 15) is 4.79 Å². The largest absolute Gasteiger partial charge is 0.352 e. The fourth-order valence-electron chi connectivity index (χ4n) is 2.78. The van der Waals surface area contributed by atoms with Crippen LogP contribution in [0.15, 0.2) is 53.1 Å². The number of halogens is 1. The van der Waals surface area contributed by atoms with E-state index in [1.54, 1.807) is 12.3 Å². The topological polar surface area (TPSA) is 59.8 Å². The van der Waals surface area contributed by atoms with E-state index >= 15 is 0 Å². The molecule has 2 heterocycles. The van der Waals surface area contributed by atoms with Gasteiger partial charge in [-0.05, 0) is 66.0 Å². The number of hydrogen-bond donors (Lipinski definition) is 1. The molecule has 0 bridgehead atoms. The SMILES string of the molecule is Cc1nn(-c2ccccn2)c(C)c1CCNC(=O)c1ccccc1Br. The van der Waals surface area contributed by atoms with Gasteiger partial charge in [-0.2, -0.15) is 5.10 Å². The molecule has 0 saturated carbocycles. The molecule has 0 unspecified atom stereocenters. The molecule has 6 heteroatoms. The number of carbonyl (C=O) groups is 1. The predicted molar refractivity (Wildman–Crippen MR) is 101 cm³/mol. The number of rotatable bonds is 5. The smallest absolute Gasteiger partial charge is 0.252 e. The predicted octanol–water partition coefficient (Wildman–Crippen LogP) is 3.62. The van der Waals surface area contributed by atoms with Gasteiger partial charge in [0.05, 0.1) is 11.3 Å². The number of benzene rings is 1. The molecule has 0 spiro atoms. The van der Waals surface area contributed by atoms with E-state index in [1.807, 2.05) is 54.9 Å². The molecule has 128 valence electrons. The van der Waals surface area contributed by atoms with Crippen molar-refractivity contribution in [1.82, 2.24) is 20.1 Å². The lowest BCUT2D eigenvalue weighted by Crippen LogP contribution is -2.26. The molecule has 0 saturated heterocycles. The van der Waals surface area contributed by atoms with E-state index in [0.717, 1.165) is 33.7 Å². The Morgan fingerprint density at radius 1 is 1.16 bits per heavy atom. The third-order valence-corrected chi connectivity index (χ3v) is 4.78. The van der Waals surface area contributed by atoms with Crippen molar-refractivity contribution in [2.75, 3.05) is 6.54 Å². The highest BCUT2D eigenvalue weighted by Gasteiger charge is 2.14. The second-order valence-electron chi connectivity index (χ2n) is 5.73. The third kappa shape index (κ3) is 3.79. The van der Waals surface area contributed by atoms with Crippen molar-refractivity contribution in [2.45, 2.75) is 20.3 Å². The molecule has 0 aliphatic carbocycles. The van der Waals surface area contributed by atoms with E-state index < -0.39 is 0 Å². The molecule has 2 aromatic heterocycles. The summed E-state index contributed by atoms with van der Waals surface area (Å²) >= 11 is 3.41. The molecule has 3 aromatic rings. The van der Waals surface area contributed by atoms with Crippen molar-refractivity contribution in [3.05, 3.63) is 75.6 Å². The lowest BCUT2D eigenvalue weighted by atomic mass is 10.1. The minimum Gasteiger partial charge on any atom is -0.352 e. The van der Waals surface area contributed by atoms with Gasteiger partial charge in [0.1, 0.15) is 0 Å². The monoisotopic (exact) mass is 398 g/mol. The van der Waals surface area contributed by atoms with Crippen molar-refractivity contribution in [3.8, 4) is 5.82 Å². The van der Waals surface area contributed by atoms with E-state index in [2.05, 4.69) is 31.3 Å². The second kappa shape index (κ2) is 7.61. The zero-order valence-electron chi connectivity index (χ0n) is 14.2. The number of amides is 1. The Bertz CT molecular complexity index is 890. The zero-order valence-corrected chi connectivity index (χ0v) is 15.7. The molecule has 1 N–H and O–H groups in total. The van der Waals surface area contributed by atoms with Gasteiger partial charge in [-0.25, -0.2) is 9.67 Å². The average Bonchev–Trinajstić information content (AvgIpc) is 2.91. The van der Waals surface area contributed by atoms with E-state index in [4.69, 9.17) is 0 Å². The van der Waals surface area contributed by atoms with Crippen LogP contribution in [0, 0.1) is 13.8 Å². The Labute approximate surface area is 155 Å². The quantitative estimate of drug-likeness (QED) is 0.713. The normalized spacial score (nSPS) is 10.7. The highest BCUT2D eigenvalue weighted by atomic mass is 79.9. The molecule has 1 aromatic carbocycles. The number of pyridine rings is 1. The summed E-state index contributed by atoms with van der Waals surface area (Å²) in [6, 6.07) is 13.2. The first kappa shape index (κ1) is 17.4. The summed E-state index contributed by atoms with van der Waals surface area (Å²) in [5, 5.41) is 7.55. The molecule has 0 radical (unpaired) electrons. The Morgan fingerprint density at radius 3 is 2.64 bits per heavy atom. The summed E-state index contributed by atoms with van der Waals surface area (Å²) in [6.45, 7) is 4.56. The Morgan fingerprint density at radius 2 is 1.92 bits per heavy atom. The van der Waals surface area contributed by atoms with Crippen molar-refractivity contribution in [1.29, 1.82) is 0 Å². The molecule has 0 aliphatic rings. The molecule has 1 amide bonds. The van der Waals surface area contributed by atoms with Gasteiger partial charge in [0.15, 0.2) is 5.82 Å². The molecule has 3 rings (SSSR count). The minimum atomic E-state index is -0.0834. The van der Waals surface area contributed by atoms with Gasteiger partial charge in [-0.1, -0.05) is 18.2 Å². The van der Waals surface area contributed by atoms with Crippen LogP contribution >= 0.6 is 15.9 Å². The van der Waals surface area contributed by atoms with Crippen LogP contribution in [0.5, 0.6) is 0 Å². The highest BCUT2D eigenvalue weighted by Crippen LogP contribution is 2.18. The lowest BCUT2D eigenvalue weighted by Gasteiger charge is -2.07. The maximum absolute atomic E-state index is 12.3. The first-order valence-electron chi connectivity index (χ1n) is 8.07. The summed E-state index contributed by atoms with van der Waals surface area (Å²) in [5.74, 6) is 0.714. The van der Waals surface area contributed by atoms with Gasteiger partial charge in [0, 0.05) is 22.9 Å². The number of nitrogens with one attached hydrogen (secondary N) is 1. The van der Waals surface area contributed by atoms with Crippen LogP contribution in [-0.2, 0) is 6.42 Å². The van der Waals surface area contributed by atoms with E-state index in [0.29, 0.717) is 12.1 Å². The molecule has 0 fully saturated rings. The number of aryl methyl sites for hydroxylation is 1. The number of nitrogens with zero attached hydrogens (tertiary/aromatic N) is 3. The fourth-order valence-corrected chi connectivity index (χ4v) is 3.25. The second-order valence-corrected chi connectivity index (χ2v) is 6.59. The van der Waals surface area contributed by atoms with Gasteiger partial charge in [0.2, 0.25) is 0 Å². The molecular formula is C19H19BrN4O. The van der Waals surface area contributed by atoms with Crippen LogP contribution < -0.4 is 5.32 Å². The summed E-state index contributed by atoms with van der Waals surface area (Å²) in [4.78, 5) is 16.6. The van der Waals surface area contributed by atoms with E-state index in [1.165, 1.54) is 0 Å². The number of hydrogen-bond acceptors (Lipinski definition) is 3. The first-order chi connectivity index (χ1) is 12.1. The number of carbonyl (C=O) groups excluding carboxylic acids is 1. The standard InChI is InChI=1S/C19H19BrN4O/c1-13-15(14(2)24(23-13)18-9-5-6-11-21-18)10-12-22-19(25)16-7-3-4-8-17(16)20/h3-9,11H,10,12H2,1-2H3,(H,22,25). The molecule has 0 atom stereocenters. The van der Waals surface area contributed by atoms with Crippen LogP contribution in [0.25, 0.3) is 5.82 Å². The molecule has 0 aliphatic heterocycles. The summed E-state index contributed by atoms with van der Waals surface area (Å²) in [7, 11) is 0. The van der Waals surface area contributed by atoms with Crippen molar-refractivity contribution in [2.24, 2.45) is 0 Å². The van der Waals surface area contributed by atoms with Gasteiger partial charge < -0.3 is 5.32 Å². The fraction of sp³-hybridized carbons (Fsp3) is 0.211. The average molecular weight is 399 g/mol. The van der Waals surface area contributed by atoms with Crippen LogP contribution in [0.4, 0.5) is 0 Å². The van der Waals surface area contributed by atoms with E-state index in [-0.39, 0.29) is 5.91 Å². The highest BCUT2D eigenvalue weighted by molar-refractivity contribution is 9.10. The minimum absolute atomic E-state index is 0.0834. The van der Waals surface area contributed by atoms with Crippen LogP contribution in [0.1, 0.15) is 27.3 Å².